The van der Waals surface area contributed by atoms with Gasteiger partial charge in [0.15, 0.2) is 0 Å². The highest BCUT2D eigenvalue weighted by molar-refractivity contribution is 6.00. The summed E-state index contributed by atoms with van der Waals surface area (Å²) in [5.41, 5.74) is 6.11. The minimum absolute atomic E-state index is 0.00309. The van der Waals surface area contributed by atoms with Gasteiger partial charge in [0, 0.05) is 42.4 Å². The molecule has 4 nitrogen and oxygen atoms in total. The highest BCUT2D eigenvalue weighted by atomic mass is 16.5. The number of hydrogen-bond donors (Lipinski definition) is 2. The number of rotatable bonds is 3. The van der Waals surface area contributed by atoms with Crippen LogP contribution in [-0.4, -0.2) is 31.2 Å². The third-order valence-corrected chi connectivity index (χ3v) is 6.22. The third-order valence-electron chi connectivity index (χ3n) is 6.22. The quantitative estimate of drug-likeness (QED) is 0.896. The van der Waals surface area contributed by atoms with Crippen molar-refractivity contribution in [3.05, 3.63) is 34.5 Å². The second-order valence-electron chi connectivity index (χ2n) is 7.53. The van der Waals surface area contributed by atoms with E-state index < -0.39 is 0 Å². The number of aryl methyl sites for hydroxylation is 2. The molecule has 0 saturated carbocycles. The number of hydrogen-bond acceptors (Lipinski definition) is 2. The van der Waals surface area contributed by atoms with E-state index >= 15 is 0 Å². The third kappa shape index (κ3) is 2.97. The molecule has 2 aromatic rings. The summed E-state index contributed by atoms with van der Waals surface area (Å²) in [6, 6.07) is 4.13. The fourth-order valence-electron chi connectivity index (χ4n) is 4.76. The molecule has 134 valence electrons. The molecule has 2 aliphatic rings. The van der Waals surface area contributed by atoms with Gasteiger partial charge in [0.2, 0.25) is 0 Å². The zero-order chi connectivity index (χ0) is 17.4. The van der Waals surface area contributed by atoms with Crippen LogP contribution in [0.4, 0.5) is 0 Å². The largest absolute Gasteiger partial charge is 0.381 e. The van der Waals surface area contributed by atoms with E-state index in [0.29, 0.717) is 0 Å². The van der Waals surface area contributed by atoms with Crippen molar-refractivity contribution in [2.24, 2.45) is 11.8 Å². The Morgan fingerprint density at radius 2 is 2.04 bits per heavy atom. The van der Waals surface area contributed by atoms with Gasteiger partial charge in [0.25, 0.3) is 5.91 Å². The van der Waals surface area contributed by atoms with Crippen LogP contribution in [0.1, 0.15) is 53.4 Å². The van der Waals surface area contributed by atoms with Gasteiger partial charge in [-0.25, -0.2) is 0 Å². The fourth-order valence-corrected chi connectivity index (χ4v) is 4.76. The fraction of sp³-hybridized carbons (Fsp3) is 0.571. The highest BCUT2D eigenvalue weighted by Gasteiger charge is 2.30. The molecule has 0 radical (unpaired) electrons. The summed E-state index contributed by atoms with van der Waals surface area (Å²) in [6.45, 7) is 4.00. The van der Waals surface area contributed by atoms with Crippen LogP contribution in [0.2, 0.25) is 0 Å². The lowest BCUT2D eigenvalue weighted by Crippen LogP contribution is -2.27. The minimum atomic E-state index is 0.00309. The number of nitrogens with one attached hydrogen (secondary N) is 2. The van der Waals surface area contributed by atoms with Gasteiger partial charge < -0.3 is 15.0 Å². The van der Waals surface area contributed by atoms with Gasteiger partial charge in [-0.2, -0.15) is 0 Å². The summed E-state index contributed by atoms with van der Waals surface area (Å²) in [6.07, 6.45) is 6.88. The number of aromatic amines is 1. The Morgan fingerprint density at radius 3 is 2.76 bits per heavy atom. The molecule has 1 aromatic heterocycles. The van der Waals surface area contributed by atoms with Crippen LogP contribution >= 0.6 is 0 Å². The first kappa shape index (κ1) is 16.6. The Kier molecular flexibility index (Phi) is 4.55. The zero-order valence-corrected chi connectivity index (χ0v) is 15.3. The van der Waals surface area contributed by atoms with Crippen LogP contribution in [0.15, 0.2) is 12.1 Å². The maximum Gasteiger partial charge on any atom is 0.251 e. The second kappa shape index (κ2) is 6.83. The monoisotopic (exact) mass is 340 g/mol. The van der Waals surface area contributed by atoms with Crippen LogP contribution in [0.5, 0.6) is 0 Å². The number of amides is 1. The molecule has 1 aromatic carbocycles. The first-order chi connectivity index (χ1) is 12.2. The van der Waals surface area contributed by atoms with Crippen LogP contribution in [0.25, 0.3) is 10.9 Å². The van der Waals surface area contributed by atoms with E-state index in [2.05, 4.69) is 23.3 Å². The number of H-pyrrole nitrogens is 1. The van der Waals surface area contributed by atoms with E-state index in [0.717, 1.165) is 49.9 Å². The van der Waals surface area contributed by atoms with Crippen molar-refractivity contribution in [3.63, 3.8) is 0 Å². The smallest absolute Gasteiger partial charge is 0.251 e. The number of ether oxygens (including phenoxy) is 1. The second-order valence-corrected chi connectivity index (χ2v) is 7.53. The molecule has 1 amide bonds. The van der Waals surface area contributed by atoms with E-state index in [4.69, 9.17) is 4.74 Å². The SMILES string of the molecule is CCc1cc(C(=O)NC)cc2c3c([nH]c12)CCC(C1CCOCC1)C3. The van der Waals surface area contributed by atoms with E-state index in [1.54, 1.807) is 7.05 Å². The summed E-state index contributed by atoms with van der Waals surface area (Å²) in [7, 11) is 1.70. The molecule has 2 heterocycles. The molecule has 1 atom stereocenters. The van der Waals surface area contributed by atoms with Crippen LogP contribution in [0, 0.1) is 11.8 Å². The standard InChI is InChI=1S/C21H28N2O2/c1-3-13-10-16(21(24)22-2)12-18-17-11-15(14-6-8-25-9-7-14)4-5-19(17)23-20(13)18/h10,12,14-15,23H,3-9,11H2,1-2H3,(H,22,24). The lowest BCUT2D eigenvalue weighted by atomic mass is 9.75. The highest BCUT2D eigenvalue weighted by Crippen LogP contribution is 2.39. The van der Waals surface area contributed by atoms with E-state index in [1.807, 2.05) is 6.07 Å². The lowest BCUT2D eigenvalue weighted by Gasteiger charge is -2.33. The van der Waals surface area contributed by atoms with Gasteiger partial charge >= 0.3 is 0 Å². The van der Waals surface area contributed by atoms with Crippen LogP contribution in [0.3, 0.4) is 0 Å². The summed E-state index contributed by atoms with van der Waals surface area (Å²) >= 11 is 0. The van der Waals surface area contributed by atoms with Crippen molar-refractivity contribution in [2.75, 3.05) is 20.3 Å². The Balaban J connectivity index is 1.74. The average Bonchev–Trinajstić information content (AvgIpc) is 3.05. The van der Waals surface area contributed by atoms with Crippen LogP contribution < -0.4 is 5.32 Å². The molecule has 1 aliphatic carbocycles. The number of benzene rings is 1. The molecular formula is C21H28N2O2. The molecular weight excluding hydrogens is 312 g/mol. The molecule has 1 fully saturated rings. The van der Waals surface area contributed by atoms with Gasteiger partial charge in [-0.1, -0.05) is 6.92 Å². The summed E-state index contributed by atoms with van der Waals surface area (Å²) in [5, 5.41) is 4.04. The van der Waals surface area contributed by atoms with Crippen molar-refractivity contribution in [1.82, 2.24) is 10.3 Å². The number of aromatic nitrogens is 1. The summed E-state index contributed by atoms with van der Waals surface area (Å²) in [4.78, 5) is 15.9. The first-order valence-corrected chi connectivity index (χ1v) is 9.67. The maximum atomic E-state index is 12.2. The number of carbonyl (C=O) groups is 1. The van der Waals surface area contributed by atoms with E-state index in [1.165, 1.54) is 47.0 Å². The van der Waals surface area contributed by atoms with Crippen molar-refractivity contribution in [1.29, 1.82) is 0 Å². The predicted molar refractivity (Wildman–Crippen MR) is 100 cm³/mol. The number of carbonyl (C=O) groups excluding carboxylic acids is 1. The summed E-state index contributed by atoms with van der Waals surface area (Å²) in [5.74, 6) is 1.55. The van der Waals surface area contributed by atoms with Gasteiger partial charge in [-0.05, 0) is 73.6 Å². The molecule has 0 bridgehead atoms. The normalized spacial score (nSPS) is 21.3. The van der Waals surface area contributed by atoms with E-state index in [9.17, 15) is 4.79 Å². The van der Waals surface area contributed by atoms with Gasteiger partial charge in [0.05, 0.1) is 0 Å². The zero-order valence-electron chi connectivity index (χ0n) is 15.3. The minimum Gasteiger partial charge on any atom is -0.381 e. The number of fused-ring (bicyclic) bond motifs is 3. The average molecular weight is 340 g/mol. The molecule has 2 N–H and O–H groups in total. The molecule has 4 heteroatoms. The predicted octanol–water partition coefficient (Wildman–Crippen LogP) is 3.62. The first-order valence-electron chi connectivity index (χ1n) is 9.67. The molecule has 4 rings (SSSR count). The molecule has 1 unspecified atom stereocenters. The van der Waals surface area contributed by atoms with E-state index in [-0.39, 0.29) is 5.91 Å². The Labute approximate surface area is 149 Å². The van der Waals surface area contributed by atoms with Crippen molar-refractivity contribution >= 4 is 16.8 Å². The Bertz CT molecular complexity index is 787. The van der Waals surface area contributed by atoms with Gasteiger partial charge in [-0.3, -0.25) is 4.79 Å². The molecule has 25 heavy (non-hydrogen) atoms. The van der Waals surface area contributed by atoms with Crippen molar-refractivity contribution < 1.29 is 9.53 Å². The van der Waals surface area contributed by atoms with Crippen molar-refractivity contribution in [3.8, 4) is 0 Å². The maximum absolute atomic E-state index is 12.2. The summed E-state index contributed by atoms with van der Waals surface area (Å²) < 4.78 is 5.55. The molecule has 1 aliphatic heterocycles. The molecule has 1 saturated heterocycles. The van der Waals surface area contributed by atoms with Crippen LogP contribution in [-0.2, 0) is 24.0 Å². The van der Waals surface area contributed by atoms with Crippen molar-refractivity contribution in [2.45, 2.75) is 45.4 Å². The van der Waals surface area contributed by atoms with Gasteiger partial charge in [0.1, 0.15) is 0 Å². The van der Waals surface area contributed by atoms with Gasteiger partial charge in [-0.15, -0.1) is 0 Å². The Hall–Kier alpha value is -1.81. The Morgan fingerprint density at radius 1 is 1.24 bits per heavy atom. The molecule has 0 spiro atoms. The lowest BCUT2D eigenvalue weighted by molar-refractivity contribution is 0.0439. The topological polar surface area (TPSA) is 54.1 Å².